The molecule has 1 fully saturated rings. The molecule has 1 heterocycles. The highest BCUT2D eigenvalue weighted by atomic mass is 16.6. The van der Waals surface area contributed by atoms with Gasteiger partial charge in [-0.05, 0) is 19.9 Å². The molecule has 0 aromatic carbocycles. The van der Waals surface area contributed by atoms with Gasteiger partial charge in [-0.3, -0.25) is 0 Å². The quantitative estimate of drug-likeness (QED) is 0.284. The van der Waals surface area contributed by atoms with Crippen molar-refractivity contribution in [3.63, 3.8) is 0 Å². The van der Waals surface area contributed by atoms with Gasteiger partial charge in [-0.1, -0.05) is 29.9 Å². The lowest BCUT2D eigenvalue weighted by Crippen LogP contribution is -1.95. The average Bonchev–Trinajstić information content (AvgIpc) is 3.11. The van der Waals surface area contributed by atoms with E-state index in [4.69, 9.17) is 9.47 Å². The van der Waals surface area contributed by atoms with Crippen LogP contribution < -0.4 is 0 Å². The predicted octanol–water partition coefficient (Wildman–Crippen LogP) is 3.24. The van der Waals surface area contributed by atoms with Gasteiger partial charge in [0, 0.05) is 5.92 Å². The molecule has 0 amide bonds. The molecule has 0 radical (unpaired) electrons. The summed E-state index contributed by atoms with van der Waals surface area (Å²) in [5.74, 6) is 0.307. The Balaban J connectivity index is 2.24. The van der Waals surface area contributed by atoms with Crippen molar-refractivity contribution in [2.75, 3.05) is 13.2 Å². The van der Waals surface area contributed by atoms with Crippen molar-refractivity contribution in [3.05, 3.63) is 48.8 Å². The van der Waals surface area contributed by atoms with E-state index < -0.39 is 0 Å². The standard InChI is InChI=1S/C14H20O2/c1-4-12(3)13(5-2)8-6-7-9-15-10-14-11-16-14/h4-9,13-14H,2,10-11H2,1,3H3. The molecule has 88 valence electrons. The third-order valence-corrected chi connectivity index (χ3v) is 2.52. The van der Waals surface area contributed by atoms with Crippen molar-refractivity contribution in [2.45, 2.75) is 20.0 Å². The Morgan fingerprint density at radius 1 is 1.56 bits per heavy atom. The second-order valence-corrected chi connectivity index (χ2v) is 3.80. The molecule has 2 unspecified atom stereocenters. The summed E-state index contributed by atoms with van der Waals surface area (Å²) in [6.45, 7) is 9.44. The minimum absolute atomic E-state index is 0.307. The zero-order valence-corrected chi connectivity index (χ0v) is 10.1. The van der Waals surface area contributed by atoms with Crippen LogP contribution in [0.3, 0.4) is 0 Å². The molecule has 0 bridgehead atoms. The minimum atomic E-state index is 0.307. The molecule has 2 atom stereocenters. The molecule has 0 spiro atoms. The number of ether oxygens (including phenoxy) is 2. The van der Waals surface area contributed by atoms with Gasteiger partial charge in [-0.25, -0.2) is 0 Å². The number of epoxide rings is 1. The molecule has 1 rings (SSSR count). The summed E-state index contributed by atoms with van der Waals surface area (Å²) in [6.07, 6.45) is 12.0. The van der Waals surface area contributed by atoms with Crippen LogP contribution in [0.25, 0.3) is 0 Å². The van der Waals surface area contributed by atoms with Gasteiger partial charge < -0.3 is 9.47 Å². The molecular weight excluding hydrogens is 200 g/mol. The molecule has 0 saturated carbocycles. The van der Waals surface area contributed by atoms with E-state index in [-0.39, 0.29) is 0 Å². The molecule has 1 saturated heterocycles. The number of hydrogen-bond donors (Lipinski definition) is 0. The summed E-state index contributed by atoms with van der Waals surface area (Å²) in [4.78, 5) is 0. The highest BCUT2D eigenvalue weighted by Gasteiger charge is 2.22. The summed E-state index contributed by atoms with van der Waals surface area (Å²) >= 11 is 0. The van der Waals surface area contributed by atoms with Gasteiger partial charge in [0.05, 0.1) is 12.9 Å². The maximum Gasteiger partial charge on any atom is 0.116 e. The fraction of sp³-hybridized carbons (Fsp3) is 0.429. The summed E-state index contributed by atoms with van der Waals surface area (Å²) < 4.78 is 10.3. The minimum Gasteiger partial charge on any atom is -0.498 e. The highest BCUT2D eigenvalue weighted by Crippen LogP contribution is 2.13. The molecule has 0 aromatic rings. The van der Waals surface area contributed by atoms with E-state index in [1.807, 2.05) is 25.2 Å². The van der Waals surface area contributed by atoms with E-state index in [0.717, 1.165) is 6.61 Å². The summed E-state index contributed by atoms with van der Waals surface area (Å²) in [5.41, 5.74) is 1.30. The van der Waals surface area contributed by atoms with Gasteiger partial charge in [-0.2, -0.15) is 0 Å². The first-order valence-corrected chi connectivity index (χ1v) is 5.59. The van der Waals surface area contributed by atoms with E-state index in [2.05, 4.69) is 25.7 Å². The van der Waals surface area contributed by atoms with Gasteiger partial charge in [0.15, 0.2) is 0 Å². The van der Waals surface area contributed by atoms with Crippen LogP contribution >= 0.6 is 0 Å². The average molecular weight is 220 g/mol. The van der Waals surface area contributed by atoms with E-state index >= 15 is 0 Å². The Kier molecular flexibility index (Phi) is 5.65. The second-order valence-electron chi connectivity index (χ2n) is 3.80. The summed E-state index contributed by atoms with van der Waals surface area (Å²) in [6, 6.07) is 0. The SMILES string of the molecule is C=CC(C=CC=COCC1CO1)C(C)=CC. The number of rotatable bonds is 7. The maximum atomic E-state index is 5.26. The molecule has 0 aliphatic carbocycles. The first kappa shape index (κ1) is 12.8. The number of hydrogen-bond acceptors (Lipinski definition) is 2. The Hall–Kier alpha value is -1.28. The van der Waals surface area contributed by atoms with Crippen molar-refractivity contribution in [1.29, 1.82) is 0 Å². The summed E-state index contributed by atoms with van der Waals surface area (Å²) in [7, 11) is 0. The fourth-order valence-electron chi connectivity index (χ4n) is 1.22. The smallest absolute Gasteiger partial charge is 0.116 e. The first-order chi connectivity index (χ1) is 7.77. The Labute approximate surface area is 97.9 Å². The third kappa shape index (κ3) is 4.99. The molecule has 1 aliphatic rings. The molecule has 2 heteroatoms. The number of allylic oxidation sites excluding steroid dienone is 6. The lowest BCUT2D eigenvalue weighted by Gasteiger charge is -2.05. The van der Waals surface area contributed by atoms with Crippen molar-refractivity contribution in [1.82, 2.24) is 0 Å². The van der Waals surface area contributed by atoms with Gasteiger partial charge in [0.2, 0.25) is 0 Å². The predicted molar refractivity (Wildman–Crippen MR) is 67.1 cm³/mol. The lowest BCUT2D eigenvalue weighted by molar-refractivity contribution is 0.212. The fourth-order valence-corrected chi connectivity index (χ4v) is 1.22. The largest absolute Gasteiger partial charge is 0.498 e. The van der Waals surface area contributed by atoms with Crippen LogP contribution in [-0.2, 0) is 9.47 Å². The molecule has 2 nitrogen and oxygen atoms in total. The Morgan fingerprint density at radius 2 is 2.31 bits per heavy atom. The van der Waals surface area contributed by atoms with E-state index in [0.29, 0.717) is 18.6 Å². The van der Waals surface area contributed by atoms with E-state index in [1.165, 1.54) is 5.57 Å². The van der Waals surface area contributed by atoms with Gasteiger partial charge in [0.1, 0.15) is 12.7 Å². The molecule has 0 N–H and O–H groups in total. The van der Waals surface area contributed by atoms with Crippen molar-refractivity contribution in [2.24, 2.45) is 5.92 Å². The monoisotopic (exact) mass is 220 g/mol. The van der Waals surface area contributed by atoms with Gasteiger partial charge >= 0.3 is 0 Å². The van der Waals surface area contributed by atoms with E-state index in [9.17, 15) is 0 Å². The molecule has 0 aromatic heterocycles. The van der Waals surface area contributed by atoms with Crippen LogP contribution in [0.4, 0.5) is 0 Å². The van der Waals surface area contributed by atoms with Crippen LogP contribution in [0.5, 0.6) is 0 Å². The zero-order chi connectivity index (χ0) is 11.8. The second kappa shape index (κ2) is 7.07. The van der Waals surface area contributed by atoms with Crippen LogP contribution in [-0.4, -0.2) is 19.3 Å². The highest BCUT2D eigenvalue weighted by molar-refractivity contribution is 5.18. The molecule has 16 heavy (non-hydrogen) atoms. The lowest BCUT2D eigenvalue weighted by atomic mass is 10.0. The van der Waals surface area contributed by atoms with Crippen molar-refractivity contribution in [3.8, 4) is 0 Å². The Morgan fingerprint density at radius 3 is 2.88 bits per heavy atom. The third-order valence-electron chi connectivity index (χ3n) is 2.52. The van der Waals surface area contributed by atoms with Crippen LogP contribution in [0.15, 0.2) is 48.8 Å². The normalized spacial score (nSPS) is 22.6. The maximum absolute atomic E-state index is 5.26. The van der Waals surface area contributed by atoms with Crippen LogP contribution in [0.2, 0.25) is 0 Å². The molecular formula is C14H20O2. The van der Waals surface area contributed by atoms with Gasteiger partial charge in [-0.15, -0.1) is 6.58 Å². The summed E-state index contributed by atoms with van der Waals surface area (Å²) in [5, 5.41) is 0. The van der Waals surface area contributed by atoms with Gasteiger partial charge in [0.25, 0.3) is 0 Å². The molecule has 1 aliphatic heterocycles. The Bertz CT molecular complexity index is 296. The van der Waals surface area contributed by atoms with E-state index in [1.54, 1.807) is 6.26 Å². The topological polar surface area (TPSA) is 21.8 Å². The van der Waals surface area contributed by atoms with Crippen LogP contribution in [0.1, 0.15) is 13.8 Å². The zero-order valence-electron chi connectivity index (χ0n) is 10.1. The van der Waals surface area contributed by atoms with Crippen LogP contribution in [0, 0.1) is 5.92 Å². The first-order valence-electron chi connectivity index (χ1n) is 5.59. The van der Waals surface area contributed by atoms with Crippen molar-refractivity contribution >= 4 is 0 Å². The van der Waals surface area contributed by atoms with Crippen molar-refractivity contribution < 1.29 is 9.47 Å².